The molecule has 0 spiro atoms. The van der Waals surface area contributed by atoms with Crippen molar-refractivity contribution in [3.05, 3.63) is 11.3 Å². The third-order valence-corrected chi connectivity index (χ3v) is 2.35. The van der Waals surface area contributed by atoms with Crippen molar-refractivity contribution in [1.29, 1.82) is 0 Å². The highest BCUT2D eigenvalue weighted by Gasteiger charge is 2.08. The molecule has 2 heteroatoms. The zero-order valence-corrected chi connectivity index (χ0v) is 7.94. The van der Waals surface area contributed by atoms with Crippen molar-refractivity contribution in [3.63, 3.8) is 0 Å². The fraction of sp³-hybridized carbons (Fsp3) is 0.700. The SMILES string of the molecule is CC(=O)NC(C)=C1CCCCC1. The molecule has 68 valence electrons. The largest absolute Gasteiger partial charge is 0.330 e. The van der Waals surface area contributed by atoms with Gasteiger partial charge in [-0.1, -0.05) is 12.0 Å². The number of amides is 1. The molecular weight excluding hydrogens is 150 g/mol. The van der Waals surface area contributed by atoms with E-state index in [1.54, 1.807) is 6.92 Å². The van der Waals surface area contributed by atoms with Crippen molar-refractivity contribution in [2.45, 2.75) is 46.0 Å². The number of carbonyl (C=O) groups excluding carboxylic acids is 1. The molecule has 0 aromatic rings. The van der Waals surface area contributed by atoms with Crippen molar-refractivity contribution < 1.29 is 4.79 Å². The van der Waals surface area contributed by atoms with Crippen LogP contribution < -0.4 is 5.32 Å². The Bertz CT molecular complexity index is 198. The molecule has 0 radical (unpaired) electrons. The topological polar surface area (TPSA) is 29.1 Å². The molecule has 1 aliphatic rings. The molecule has 0 atom stereocenters. The van der Waals surface area contributed by atoms with Crippen LogP contribution in [0, 0.1) is 0 Å². The van der Waals surface area contributed by atoms with Crippen LogP contribution in [0.5, 0.6) is 0 Å². The van der Waals surface area contributed by atoms with Gasteiger partial charge in [-0.25, -0.2) is 0 Å². The molecule has 1 N–H and O–H groups in total. The Labute approximate surface area is 74.0 Å². The fourth-order valence-electron chi connectivity index (χ4n) is 1.71. The molecule has 1 fully saturated rings. The summed E-state index contributed by atoms with van der Waals surface area (Å²) >= 11 is 0. The van der Waals surface area contributed by atoms with Crippen LogP contribution in [-0.2, 0) is 4.79 Å². The van der Waals surface area contributed by atoms with E-state index in [2.05, 4.69) is 5.32 Å². The van der Waals surface area contributed by atoms with E-state index in [-0.39, 0.29) is 5.91 Å². The van der Waals surface area contributed by atoms with Gasteiger partial charge >= 0.3 is 0 Å². The zero-order valence-electron chi connectivity index (χ0n) is 7.94. The summed E-state index contributed by atoms with van der Waals surface area (Å²) in [6, 6.07) is 0. The van der Waals surface area contributed by atoms with Gasteiger partial charge in [-0.05, 0) is 32.6 Å². The maximum absolute atomic E-state index is 10.8. The number of hydrogen-bond acceptors (Lipinski definition) is 1. The first kappa shape index (κ1) is 9.30. The van der Waals surface area contributed by atoms with E-state index >= 15 is 0 Å². The van der Waals surface area contributed by atoms with Gasteiger partial charge in [0.05, 0.1) is 0 Å². The summed E-state index contributed by atoms with van der Waals surface area (Å²) in [5.41, 5.74) is 2.53. The Balaban J connectivity index is 2.54. The van der Waals surface area contributed by atoms with Gasteiger partial charge in [-0.15, -0.1) is 0 Å². The van der Waals surface area contributed by atoms with Crippen LogP contribution in [-0.4, -0.2) is 5.91 Å². The second-order valence-electron chi connectivity index (χ2n) is 3.47. The molecule has 0 heterocycles. The first-order valence-electron chi connectivity index (χ1n) is 4.66. The lowest BCUT2D eigenvalue weighted by molar-refractivity contribution is -0.118. The third kappa shape index (κ3) is 2.68. The Morgan fingerprint density at radius 3 is 2.25 bits per heavy atom. The fourth-order valence-corrected chi connectivity index (χ4v) is 1.71. The van der Waals surface area contributed by atoms with Crippen LogP contribution in [0.15, 0.2) is 11.3 Å². The Morgan fingerprint density at radius 1 is 1.17 bits per heavy atom. The van der Waals surface area contributed by atoms with Gasteiger partial charge in [0.15, 0.2) is 0 Å². The molecule has 1 rings (SSSR count). The molecule has 0 aliphatic heterocycles. The Morgan fingerprint density at radius 2 is 1.75 bits per heavy atom. The van der Waals surface area contributed by atoms with Crippen LogP contribution in [0.4, 0.5) is 0 Å². The number of rotatable bonds is 1. The minimum atomic E-state index is 0.0468. The number of hydrogen-bond donors (Lipinski definition) is 1. The first-order valence-corrected chi connectivity index (χ1v) is 4.66. The predicted molar refractivity (Wildman–Crippen MR) is 49.6 cm³/mol. The van der Waals surface area contributed by atoms with Crippen molar-refractivity contribution in [2.75, 3.05) is 0 Å². The second kappa shape index (κ2) is 4.29. The van der Waals surface area contributed by atoms with E-state index in [0.717, 1.165) is 5.70 Å². The van der Waals surface area contributed by atoms with Crippen molar-refractivity contribution >= 4 is 5.91 Å². The molecule has 12 heavy (non-hydrogen) atoms. The maximum Gasteiger partial charge on any atom is 0.220 e. The van der Waals surface area contributed by atoms with Gasteiger partial charge < -0.3 is 5.32 Å². The average molecular weight is 167 g/mol. The summed E-state index contributed by atoms with van der Waals surface area (Å²) < 4.78 is 0. The summed E-state index contributed by atoms with van der Waals surface area (Å²) in [4.78, 5) is 10.8. The predicted octanol–water partition coefficient (Wildman–Crippen LogP) is 2.36. The molecule has 1 amide bonds. The van der Waals surface area contributed by atoms with Gasteiger partial charge in [0.25, 0.3) is 0 Å². The number of carbonyl (C=O) groups is 1. The van der Waals surface area contributed by atoms with E-state index in [0.29, 0.717) is 0 Å². The van der Waals surface area contributed by atoms with Gasteiger partial charge in [0.2, 0.25) is 5.91 Å². The van der Waals surface area contributed by atoms with E-state index in [9.17, 15) is 4.79 Å². The molecule has 0 aromatic carbocycles. The Hall–Kier alpha value is -0.790. The quantitative estimate of drug-likeness (QED) is 0.638. The molecule has 0 unspecified atom stereocenters. The second-order valence-corrected chi connectivity index (χ2v) is 3.47. The molecular formula is C10H17NO. The lowest BCUT2D eigenvalue weighted by atomic mass is 9.93. The highest BCUT2D eigenvalue weighted by Crippen LogP contribution is 2.24. The van der Waals surface area contributed by atoms with Crippen LogP contribution in [0.1, 0.15) is 46.0 Å². The molecule has 1 saturated carbocycles. The van der Waals surface area contributed by atoms with Crippen molar-refractivity contribution in [1.82, 2.24) is 5.32 Å². The van der Waals surface area contributed by atoms with Gasteiger partial charge in [0, 0.05) is 12.6 Å². The van der Waals surface area contributed by atoms with E-state index < -0.39 is 0 Å². The van der Waals surface area contributed by atoms with Crippen LogP contribution in [0.25, 0.3) is 0 Å². The summed E-state index contributed by atoms with van der Waals surface area (Å²) in [5.74, 6) is 0.0468. The highest BCUT2D eigenvalue weighted by atomic mass is 16.1. The van der Waals surface area contributed by atoms with Gasteiger partial charge in [0.1, 0.15) is 0 Å². The number of nitrogens with one attached hydrogen (secondary N) is 1. The van der Waals surface area contributed by atoms with E-state index in [1.165, 1.54) is 37.7 Å². The third-order valence-electron chi connectivity index (χ3n) is 2.35. The summed E-state index contributed by atoms with van der Waals surface area (Å²) in [5, 5.41) is 2.85. The molecule has 1 aliphatic carbocycles. The number of allylic oxidation sites excluding steroid dienone is 2. The normalized spacial score (nSPS) is 17.3. The highest BCUT2D eigenvalue weighted by molar-refractivity contribution is 5.74. The van der Waals surface area contributed by atoms with Gasteiger partial charge in [-0.3, -0.25) is 4.79 Å². The van der Waals surface area contributed by atoms with E-state index in [4.69, 9.17) is 0 Å². The van der Waals surface area contributed by atoms with Crippen LogP contribution in [0.2, 0.25) is 0 Å². The molecule has 0 bridgehead atoms. The standard InChI is InChI=1S/C10H17NO/c1-8(11-9(2)12)10-6-4-3-5-7-10/h3-7H2,1-2H3,(H,11,12). The minimum absolute atomic E-state index is 0.0468. The monoisotopic (exact) mass is 167 g/mol. The summed E-state index contributed by atoms with van der Waals surface area (Å²) in [6.07, 6.45) is 6.26. The maximum atomic E-state index is 10.8. The smallest absolute Gasteiger partial charge is 0.220 e. The van der Waals surface area contributed by atoms with Crippen molar-refractivity contribution in [3.8, 4) is 0 Å². The van der Waals surface area contributed by atoms with Crippen LogP contribution in [0.3, 0.4) is 0 Å². The molecule has 2 nitrogen and oxygen atoms in total. The average Bonchev–Trinajstić information content (AvgIpc) is 2.05. The lowest BCUT2D eigenvalue weighted by Crippen LogP contribution is -2.19. The zero-order chi connectivity index (χ0) is 8.97. The van der Waals surface area contributed by atoms with Crippen LogP contribution >= 0.6 is 0 Å². The summed E-state index contributed by atoms with van der Waals surface area (Å²) in [6.45, 7) is 3.56. The van der Waals surface area contributed by atoms with Crippen molar-refractivity contribution in [2.24, 2.45) is 0 Å². The van der Waals surface area contributed by atoms with Gasteiger partial charge in [-0.2, -0.15) is 0 Å². The summed E-state index contributed by atoms with van der Waals surface area (Å²) in [7, 11) is 0. The minimum Gasteiger partial charge on any atom is -0.330 e. The molecule has 0 aromatic heterocycles. The lowest BCUT2D eigenvalue weighted by Gasteiger charge is -2.16. The van der Waals surface area contributed by atoms with E-state index in [1.807, 2.05) is 6.92 Å². The first-order chi connectivity index (χ1) is 5.70. The molecule has 0 saturated heterocycles. The Kier molecular flexibility index (Phi) is 3.32.